The molecule has 6 unspecified atom stereocenters. The Hall–Kier alpha value is -5.44. The van der Waals surface area contributed by atoms with Crippen molar-refractivity contribution < 1.29 is 30.6 Å². The SMILES string of the molecule is CC1=C(Cc2ccccc2)C(Cc2ccccc2)c2cccc(C)c21.CC1=C(Cc2ccccc2)C(Cc2ccccc2)c2cccc(C)c21.OCC(O)C(O)C(O)C(O)CO. The van der Waals surface area contributed by atoms with E-state index < -0.39 is 37.6 Å². The molecule has 0 amide bonds. The second-order valence-corrected chi connectivity index (χ2v) is 16.7. The van der Waals surface area contributed by atoms with Crippen LogP contribution in [0.5, 0.6) is 0 Å². The Kier molecular flexibility index (Phi) is 16.4. The highest BCUT2D eigenvalue weighted by atomic mass is 16.4. The Bertz CT molecular complexity index is 2220. The summed E-state index contributed by atoms with van der Waals surface area (Å²) in [7, 11) is 0. The minimum Gasteiger partial charge on any atom is -0.394 e. The van der Waals surface area contributed by atoms with E-state index >= 15 is 0 Å². The molecule has 0 fully saturated rings. The first-order chi connectivity index (χ1) is 30.0. The van der Waals surface area contributed by atoms with E-state index in [1.807, 2.05) is 0 Å². The first-order valence-electron chi connectivity index (χ1n) is 21.7. The van der Waals surface area contributed by atoms with Gasteiger partial charge in [-0.15, -0.1) is 0 Å². The van der Waals surface area contributed by atoms with E-state index in [2.05, 4.69) is 185 Å². The van der Waals surface area contributed by atoms with Crippen molar-refractivity contribution in [3.05, 3.63) is 225 Å². The Morgan fingerprint density at radius 3 is 1.00 bits per heavy atom. The number of aliphatic hydroxyl groups excluding tert-OH is 6. The van der Waals surface area contributed by atoms with Crippen molar-refractivity contribution in [3.8, 4) is 0 Å². The Labute approximate surface area is 367 Å². The fourth-order valence-electron chi connectivity index (χ4n) is 9.19. The van der Waals surface area contributed by atoms with Gasteiger partial charge in [0.05, 0.1) is 13.2 Å². The molecule has 6 atom stereocenters. The predicted molar refractivity (Wildman–Crippen MR) is 252 cm³/mol. The fourth-order valence-corrected chi connectivity index (χ4v) is 9.19. The molecule has 0 bridgehead atoms. The van der Waals surface area contributed by atoms with E-state index in [0.717, 1.165) is 25.7 Å². The number of hydrogen-bond donors (Lipinski definition) is 6. The molecule has 2 aliphatic carbocycles. The number of allylic oxidation sites excluding steroid dienone is 4. The van der Waals surface area contributed by atoms with E-state index in [-0.39, 0.29) is 0 Å². The highest BCUT2D eigenvalue weighted by Gasteiger charge is 2.32. The van der Waals surface area contributed by atoms with Gasteiger partial charge in [0, 0.05) is 11.8 Å². The largest absolute Gasteiger partial charge is 0.394 e. The summed E-state index contributed by atoms with van der Waals surface area (Å²) < 4.78 is 0. The number of rotatable bonds is 13. The molecule has 0 aromatic heterocycles. The average molecular weight is 831 g/mol. The molecule has 322 valence electrons. The van der Waals surface area contributed by atoms with Crippen LogP contribution in [-0.2, 0) is 25.7 Å². The van der Waals surface area contributed by atoms with Crippen molar-refractivity contribution in [2.24, 2.45) is 0 Å². The van der Waals surface area contributed by atoms with Gasteiger partial charge in [-0.2, -0.15) is 0 Å². The van der Waals surface area contributed by atoms with E-state index in [4.69, 9.17) is 30.6 Å². The number of aryl methyl sites for hydroxylation is 2. The molecular weight excluding hydrogens is 769 g/mol. The van der Waals surface area contributed by atoms with Gasteiger partial charge in [-0.3, -0.25) is 0 Å². The van der Waals surface area contributed by atoms with E-state index in [1.54, 1.807) is 11.1 Å². The minimum absolute atomic E-state index is 0.484. The molecule has 0 spiro atoms. The summed E-state index contributed by atoms with van der Waals surface area (Å²) >= 11 is 0. The molecule has 62 heavy (non-hydrogen) atoms. The molecule has 2 aliphatic rings. The standard InChI is InChI=1S/2C25H24.C6H14O6/c2*1-18-10-9-15-22-24(17-21-13-7-4-8-14-21)23(19(2)25(18)22)16-20-11-5-3-6-12-20;7-1-3(9)5(11)6(12)4(10)2-8/h2*3-15,24H,16-17H2,1-2H3;3-12H,1-2H2. The van der Waals surface area contributed by atoms with Gasteiger partial charge >= 0.3 is 0 Å². The smallest absolute Gasteiger partial charge is 0.111 e. The van der Waals surface area contributed by atoms with Crippen LogP contribution in [0.2, 0.25) is 0 Å². The minimum atomic E-state index is -1.67. The van der Waals surface area contributed by atoms with Crippen LogP contribution in [0.4, 0.5) is 0 Å². The maximum absolute atomic E-state index is 8.96. The lowest BCUT2D eigenvalue weighted by atomic mass is 9.86. The van der Waals surface area contributed by atoms with Crippen molar-refractivity contribution in [2.45, 2.75) is 89.6 Å². The summed E-state index contributed by atoms with van der Waals surface area (Å²) in [6.45, 7) is 7.66. The van der Waals surface area contributed by atoms with Crippen LogP contribution in [0.15, 0.2) is 169 Å². The summed E-state index contributed by atoms with van der Waals surface area (Å²) in [6, 6.07) is 57.1. The zero-order valence-electron chi connectivity index (χ0n) is 36.4. The third-order valence-electron chi connectivity index (χ3n) is 12.5. The van der Waals surface area contributed by atoms with Gasteiger partial charge in [-0.25, -0.2) is 0 Å². The van der Waals surface area contributed by atoms with Gasteiger partial charge in [0.15, 0.2) is 0 Å². The second-order valence-electron chi connectivity index (χ2n) is 16.7. The summed E-state index contributed by atoms with van der Waals surface area (Å²) in [5.41, 5.74) is 20.5. The second kappa shape index (κ2) is 22.1. The monoisotopic (exact) mass is 830 g/mol. The summed E-state index contributed by atoms with van der Waals surface area (Å²) in [5, 5.41) is 52.2. The molecule has 6 aromatic rings. The summed E-state index contributed by atoms with van der Waals surface area (Å²) in [4.78, 5) is 0. The van der Waals surface area contributed by atoms with Gasteiger partial charge in [-0.05, 0) is 120 Å². The average Bonchev–Trinajstić information content (AvgIpc) is 3.72. The molecular formula is C56H62O6. The number of benzene rings is 6. The highest BCUT2D eigenvalue weighted by molar-refractivity contribution is 5.80. The molecule has 0 heterocycles. The molecule has 6 nitrogen and oxygen atoms in total. The molecule has 0 radical (unpaired) electrons. The third kappa shape index (κ3) is 11.1. The molecule has 0 saturated heterocycles. The lowest BCUT2D eigenvalue weighted by Crippen LogP contribution is -2.46. The molecule has 0 aliphatic heterocycles. The van der Waals surface area contributed by atoms with Crippen LogP contribution in [0.1, 0.15) is 81.3 Å². The van der Waals surface area contributed by atoms with Crippen LogP contribution in [0.3, 0.4) is 0 Å². The van der Waals surface area contributed by atoms with Crippen LogP contribution in [0, 0.1) is 13.8 Å². The Balaban J connectivity index is 0.000000166. The van der Waals surface area contributed by atoms with Gasteiger partial charge in [0.1, 0.15) is 24.4 Å². The molecule has 6 heteroatoms. The quantitative estimate of drug-likeness (QED) is 0.0691. The van der Waals surface area contributed by atoms with Crippen LogP contribution in [0.25, 0.3) is 11.1 Å². The van der Waals surface area contributed by atoms with Crippen LogP contribution in [-0.4, -0.2) is 68.3 Å². The topological polar surface area (TPSA) is 121 Å². The zero-order chi connectivity index (χ0) is 44.2. The number of hydrogen-bond acceptors (Lipinski definition) is 6. The van der Waals surface area contributed by atoms with Gasteiger partial charge in [-0.1, -0.05) is 169 Å². The maximum atomic E-state index is 8.96. The van der Waals surface area contributed by atoms with Crippen LogP contribution >= 0.6 is 0 Å². The van der Waals surface area contributed by atoms with Gasteiger partial charge in [0.25, 0.3) is 0 Å². The van der Waals surface area contributed by atoms with Crippen molar-refractivity contribution in [1.82, 2.24) is 0 Å². The lowest BCUT2D eigenvalue weighted by Gasteiger charge is -2.24. The molecule has 0 saturated carbocycles. The Morgan fingerprint density at radius 2 is 0.694 bits per heavy atom. The first kappa shape index (κ1) is 46.1. The molecule has 6 N–H and O–H groups in total. The third-order valence-corrected chi connectivity index (χ3v) is 12.5. The van der Waals surface area contributed by atoms with E-state index in [0.29, 0.717) is 11.8 Å². The number of aliphatic hydroxyl groups is 6. The molecule has 6 aromatic carbocycles. The van der Waals surface area contributed by atoms with Crippen LogP contribution < -0.4 is 0 Å². The normalized spacial score (nSPS) is 17.2. The van der Waals surface area contributed by atoms with Crippen molar-refractivity contribution in [2.75, 3.05) is 13.2 Å². The Morgan fingerprint density at radius 1 is 0.387 bits per heavy atom. The van der Waals surface area contributed by atoms with Gasteiger partial charge in [0.2, 0.25) is 0 Å². The summed E-state index contributed by atoms with van der Waals surface area (Å²) in [5.74, 6) is 0.968. The lowest BCUT2D eigenvalue weighted by molar-refractivity contribution is -0.123. The molecule has 8 rings (SSSR count). The fraction of sp³-hybridized carbons (Fsp3) is 0.286. The maximum Gasteiger partial charge on any atom is 0.111 e. The summed E-state index contributed by atoms with van der Waals surface area (Å²) in [6.07, 6.45) is -2.15. The highest BCUT2D eigenvalue weighted by Crippen LogP contribution is 2.47. The van der Waals surface area contributed by atoms with Gasteiger partial charge < -0.3 is 30.6 Å². The van der Waals surface area contributed by atoms with Crippen molar-refractivity contribution >= 4 is 11.1 Å². The van der Waals surface area contributed by atoms with Crippen molar-refractivity contribution in [1.29, 1.82) is 0 Å². The van der Waals surface area contributed by atoms with E-state index in [1.165, 1.54) is 66.8 Å². The predicted octanol–water partition coefficient (Wildman–Crippen LogP) is 9.12. The zero-order valence-corrected chi connectivity index (χ0v) is 36.4. The van der Waals surface area contributed by atoms with E-state index in [9.17, 15) is 0 Å². The van der Waals surface area contributed by atoms with Crippen molar-refractivity contribution in [3.63, 3.8) is 0 Å². The first-order valence-corrected chi connectivity index (χ1v) is 21.7. The number of fused-ring (bicyclic) bond motifs is 2.